The lowest BCUT2D eigenvalue weighted by Crippen LogP contribution is -2.11. The fourth-order valence-corrected chi connectivity index (χ4v) is 2.12. The van der Waals surface area contributed by atoms with E-state index in [2.05, 4.69) is 5.92 Å². The number of rotatable bonds is 4. The van der Waals surface area contributed by atoms with Gasteiger partial charge in [-0.25, -0.2) is 0 Å². The molecule has 0 saturated carbocycles. The summed E-state index contributed by atoms with van der Waals surface area (Å²) in [6.45, 7) is -0.625. The van der Waals surface area contributed by atoms with Crippen LogP contribution >= 0.6 is 0 Å². The van der Waals surface area contributed by atoms with Gasteiger partial charge in [0.15, 0.2) is 0 Å². The van der Waals surface area contributed by atoms with Gasteiger partial charge in [-0.05, 0) is 30.3 Å². The van der Waals surface area contributed by atoms with Crippen molar-refractivity contribution in [2.75, 3.05) is 0 Å². The second kappa shape index (κ2) is 7.19. The van der Waals surface area contributed by atoms with Gasteiger partial charge in [-0.2, -0.15) is 26.3 Å². The standard InChI is InChI=1S/C17H9F6NO3/c1-2-10-3-4-11(15(5-10)24(25)26)9-27-14-7-12(16(18,19)20)6-13(8-14)17(21,22)23/h1,3-8H,9H2. The molecule has 2 aromatic rings. The van der Waals surface area contributed by atoms with Gasteiger partial charge < -0.3 is 4.74 Å². The highest BCUT2D eigenvalue weighted by molar-refractivity contribution is 5.48. The van der Waals surface area contributed by atoms with Gasteiger partial charge in [-0.15, -0.1) is 6.42 Å². The third kappa shape index (κ3) is 4.91. The Kier molecular flexibility index (Phi) is 5.35. The number of ether oxygens (including phenoxy) is 1. The summed E-state index contributed by atoms with van der Waals surface area (Å²) in [7, 11) is 0. The topological polar surface area (TPSA) is 52.4 Å². The van der Waals surface area contributed by atoms with Crippen LogP contribution in [0.2, 0.25) is 0 Å². The lowest BCUT2D eigenvalue weighted by molar-refractivity contribution is -0.385. The number of benzene rings is 2. The van der Waals surface area contributed by atoms with Crippen molar-refractivity contribution in [1.82, 2.24) is 0 Å². The molecule has 2 rings (SSSR count). The number of hydrogen-bond donors (Lipinski definition) is 0. The molecule has 0 unspecified atom stereocenters. The molecule has 2 aromatic carbocycles. The zero-order valence-corrected chi connectivity index (χ0v) is 13.2. The monoisotopic (exact) mass is 389 g/mol. The van der Waals surface area contributed by atoms with E-state index in [9.17, 15) is 36.5 Å². The number of nitro groups is 1. The van der Waals surface area contributed by atoms with Crippen LogP contribution < -0.4 is 4.74 Å². The highest BCUT2D eigenvalue weighted by Gasteiger charge is 2.37. The number of alkyl halides is 6. The van der Waals surface area contributed by atoms with Crippen LogP contribution in [0.15, 0.2) is 36.4 Å². The van der Waals surface area contributed by atoms with E-state index in [4.69, 9.17) is 11.2 Å². The second-order valence-electron chi connectivity index (χ2n) is 5.28. The van der Waals surface area contributed by atoms with Crippen LogP contribution in [0.1, 0.15) is 22.3 Å². The number of nitrogens with zero attached hydrogens (tertiary/aromatic N) is 1. The van der Waals surface area contributed by atoms with Gasteiger partial charge >= 0.3 is 12.4 Å². The van der Waals surface area contributed by atoms with E-state index in [1.54, 1.807) is 0 Å². The molecule has 0 bridgehead atoms. The summed E-state index contributed by atoms with van der Waals surface area (Å²) >= 11 is 0. The summed E-state index contributed by atoms with van der Waals surface area (Å²) in [6, 6.07) is 4.32. The minimum absolute atomic E-state index is 0.0446. The Morgan fingerprint density at radius 2 is 1.56 bits per heavy atom. The molecular weight excluding hydrogens is 380 g/mol. The first-order valence-corrected chi connectivity index (χ1v) is 7.08. The predicted molar refractivity (Wildman–Crippen MR) is 81.8 cm³/mol. The highest BCUT2D eigenvalue weighted by atomic mass is 19.4. The van der Waals surface area contributed by atoms with Gasteiger partial charge in [-0.1, -0.05) is 5.92 Å². The van der Waals surface area contributed by atoms with Crippen LogP contribution in [0.25, 0.3) is 0 Å². The van der Waals surface area contributed by atoms with Gasteiger partial charge in [0.25, 0.3) is 5.69 Å². The van der Waals surface area contributed by atoms with Crippen molar-refractivity contribution in [2.45, 2.75) is 19.0 Å². The zero-order chi connectivity index (χ0) is 20.4. The first-order valence-electron chi connectivity index (χ1n) is 7.08. The van der Waals surface area contributed by atoms with Crippen molar-refractivity contribution >= 4 is 5.69 Å². The molecular formula is C17H9F6NO3. The largest absolute Gasteiger partial charge is 0.489 e. The van der Waals surface area contributed by atoms with Crippen LogP contribution in [0.5, 0.6) is 5.75 Å². The Hall–Kier alpha value is -3.22. The molecule has 10 heteroatoms. The van der Waals surface area contributed by atoms with Crippen LogP contribution in [-0.2, 0) is 19.0 Å². The van der Waals surface area contributed by atoms with Crippen molar-refractivity contribution < 1.29 is 36.0 Å². The molecule has 27 heavy (non-hydrogen) atoms. The molecule has 0 heterocycles. The highest BCUT2D eigenvalue weighted by Crippen LogP contribution is 2.38. The maximum absolute atomic E-state index is 12.8. The Morgan fingerprint density at radius 3 is 2.00 bits per heavy atom. The van der Waals surface area contributed by atoms with Crippen LogP contribution in [-0.4, -0.2) is 4.92 Å². The van der Waals surface area contributed by atoms with Crippen molar-refractivity contribution in [3.63, 3.8) is 0 Å². The van der Waals surface area contributed by atoms with Crippen molar-refractivity contribution in [1.29, 1.82) is 0 Å². The molecule has 0 radical (unpaired) electrons. The van der Waals surface area contributed by atoms with E-state index in [-0.39, 0.29) is 17.2 Å². The summed E-state index contributed by atoms with van der Waals surface area (Å²) in [6.07, 6.45) is -4.92. The summed E-state index contributed by atoms with van der Waals surface area (Å²) < 4.78 is 81.9. The summed E-state index contributed by atoms with van der Waals surface area (Å²) in [5, 5.41) is 11.1. The lowest BCUT2D eigenvalue weighted by Gasteiger charge is -2.15. The maximum Gasteiger partial charge on any atom is 0.416 e. The number of nitro benzene ring substituents is 1. The first kappa shape index (κ1) is 20.1. The molecule has 142 valence electrons. The predicted octanol–water partition coefficient (Wildman–Crippen LogP) is 5.19. The summed E-state index contributed by atoms with van der Waals surface area (Å²) in [5.74, 6) is 1.45. The lowest BCUT2D eigenvalue weighted by atomic mass is 10.1. The van der Waals surface area contributed by atoms with Gasteiger partial charge in [0, 0.05) is 11.6 Å². The third-order valence-electron chi connectivity index (χ3n) is 3.40. The van der Waals surface area contributed by atoms with E-state index in [1.165, 1.54) is 12.1 Å². The number of terminal acetylenes is 1. The van der Waals surface area contributed by atoms with Crippen molar-refractivity contribution in [3.8, 4) is 18.1 Å². The van der Waals surface area contributed by atoms with E-state index >= 15 is 0 Å². The van der Waals surface area contributed by atoms with E-state index < -0.39 is 46.4 Å². The molecule has 0 atom stereocenters. The normalized spacial score (nSPS) is 11.7. The van der Waals surface area contributed by atoms with Gasteiger partial charge in [-0.3, -0.25) is 10.1 Å². The van der Waals surface area contributed by atoms with Gasteiger partial charge in [0.1, 0.15) is 12.4 Å². The second-order valence-corrected chi connectivity index (χ2v) is 5.28. The van der Waals surface area contributed by atoms with Crippen molar-refractivity contribution in [2.24, 2.45) is 0 Å². The molecule has 0 aromatic heterocycles. The number of halogens is 6. The molecule has 0 aliphatic carbocycles. The molecule has 0 aliphatic rings. The Morgan fingerprint density at radius 1 is 1.00 bits per heavy atom. The number of hydrogen-bond acceptors (Lipinski definition) is 3. The molecule has 4 nitrogen and oxygen atoms in total. The Bertz CT molecular complexity index is 880. The Balaban J connectivity index is 2.38. The van der Waals surface area contributed by atoms with Gasteiger partial charge in [0.2, 0.25) is 0 Å². The first-order chi connectivity index (χ1) is 12.4. The molecule has 0 N–H and O–H groups in total. The summed E-state index contributed by atoms with van der Waals surface area (Å²) in [5.41, 5.74) is -3.45. The minimum atomic E-state index is -5.03. The van der Waals surface area contributed by atoms with Crippen LogP contribution in [0.4, 0.5) is 32.0 Å². The molecule has 0 fully saturated rings. The average molecular weight is 389 g/mol. The van der Waals surface area contributed by atoms with Crippen LogP contribution in [0, 0.1) is 22.5 Å². The van der Waals surface area contributed by atoms with E-state index in [0.29, 0.717) is 12.1 Å². The van der Waals surface area contributed by atoms with E-state index in [1.807, 2.05) is 0 Å². The average Bonchev–Trinajstić information content (AvgIpc) is 2.58. The fraction of sp³-hybridized carbons (Fsp3) is 0.176. The quantitative estimate of drug-likeness (QED) is 0.313. The van der Waals surface area contributed by atoms with Gasteiger partial charge in [0.05, 0.1) is 21.6 Å². The minimum Gasteiger partial charge on any atom is -0.489 e. The SMILES string of the molecule is C#Cc1ccc(COc2cc(C(F)(F)F)cc(C(F)(F)F)c2)c([N+](=O)[O-])c1. The smallest absolute Gasteiger partial charge is 0.416 e. The van der Waals surface area contributed by atoms with Crippen molar-refractivity contribution in [3.05, 3.63) is 68.8 Å². The molecule has 0 spiro atoms. The Labute approximate surface area is 148 Å². The molecule has 0 saturated heterocycles. The summed E-state index contributed by atoms with van der Waals surface area (Å²) in [4.78, 5) is 10.3. The van der Waals surface area contributed by atoms with Crippen LogP contribution in [0.3, 0.4) is 0 Å². The van der Waals surface area contributed by atoms with E-state index in [0.717, 1.165) is 6.07 Å². The fourth-order valence-electron chi connectivity index (χ4n) is 2.12. The third-order valence-corrected chi connectivity index (χ3v) is 3.40. The molecule has 0 amide bonds. The maximum atomic E-state index is 12.8. The zero-order valence-electron chi connectivity index (χ0n) is 13.2. The molecule has 0 aliphatic heterocycles.